The Morgan fingerprint density at radius 1 is 1.03 bits per heavy atom. The molecule has 5 rings (SSSR count). The summed E-state index contributed by atoms with van der Waals surface area (Å²) >= 11 is 5.29. The first-order chi connectivity index (χ1) is 15.4. The van der Waals surface area contributed by atoms with Gasteiger partial charge in [0.15, 0.2) is 0 Å². The molecule has 0 saturated heterocycles. The number of anilines is 1. The maximum atomic E-state index is 13.4. The van der Waals surface area contributed by atoms with E-state index in [9.17, 15) is 9.59 Å². The fraction of sp³-hybridized carbons (Fsp3) is 0.346. The van der Waals surface area contributed by atoms with E-state index in [1.807, 2.05) is 24.3 Å². The van der Waals surface area contributed by atoms with Gasteiger partial charge in [-0.15, -0.1) is 0 Å². The van der Waals surface area contributed by atoms with Crippen LogP contribution in [-0.4, -0.2) is 30.1 Å². The van der Waals surface area contributed by atoms with E-state index in [0.29, 0.717) is 11.6 Å². The number of nitrogens with zero attached hydrogens (tertiary/aromatic N) is 2. The van der Waals surface area contributed by atoms with Crippen molar-refractivity contribution < 1.29 is 14.5 Å². The van der Waals surface area contributed by atoms with Gasteiger partial charge in [-0.05, 0) is 65.4 Å². The van der Waals surface area contributed by atoms with Gasteiger partial charge in [0.25, 0.3) is 11.8 Å². The topological polar surface area (TPSA) is 54.2 Å². The molecule has 0 aliphatic carbocycles. The fourth-order valence-electron chi connectivity index (χ4n) is 5.11. The second-order valence-corrected chi connectivity index (χ2v) is 9.53. The van der Waals surface area contributed by atoms with Crippen LogP contribution in [-0.2, 0) is 35.1 Å². The molecule has 2 aromatic carbocycles. The third-order valence-corrected chi connectivity index (χ3v) is 6.98. The van der Waals surface area contributed by atoms with Gasteiger partial charge in [-0.2, -0.15) is 0 Å². The van der Waals surface area contributed by atoms with Gasteiger partial charge in [0.1, 0.15) is 11.3 Å². The Morgan fingerprint density at radius 3 is 2.25 bits per heavy atom. The zero-order valence-corrected chi connectivity index (χ0v) is 19.3. The molecule has 0 unspecified atom stereocenters. The number of benzene rings is 2. The molecule has 2 aromatic rings. The molecule has 0 fully saturated rings. The number of carbonyl (C=O) groups excluding carboxylic acids is 2. The summed E-state index contributed by atoms with van der Waals surface area (Å²) in [4.78, 5) is 33.0. The zero-order valence-electron chi connectivity index (χ0n) is 18.5. The van der Waals surface area contributed by atoms with E-state index in [-0.39, 0.29) is 10.7 Å². The molecule has 0 saturated carbocycles. The predicted molar refractivity (Wildman–Crippen MR) is 129 cm³/mol. The molecule has 3 heterocycles. The molecule has 0 aromatic heterocycles. The second kappa shape index (κ2) is 8.26. The van der Waals surface area contributed by atoms with E-state index < -0.39 is 11.8 Å². The molecule has 6 heteroatoms. The summed E-state index contributed by atoms with van der Waals surface area (Å²) in [5, 5.41) is -0.00535. The predicted octanol–water partition coefficient (Wildman–Crippen LogP) is 3.08. The summed E-state index contributed by atoms with van der Waals surface area (Å²) in [6, 6.07) is 12.0. The summed E-state index contributed by atoms with van der Waals surface area (Å²) in [6.07, 6.45) is 6.14. The highest BCUT2D eigenvalue weighted by Gasteiger charge is 2.31. The van der Waals surface area contributed by atoms with Crippen LogP contribution in [0.1, 0.15) is 54.9 Å². The fourth-order valence-corrected chi connectivity index (χ4v) is 5.38. The van der Waals surface area contributed by atoms with Gasteiger partial charge in [-0.1, -0.05) is 26.0 Å². The maximum Gasteiger partial charge on any atom is 0.282 e. The third-order valence-electron chi connectivity index (χ3n) is 6.71. The molecule has 3 aliphatic heterocycles. The molecular weight excluding hydrogens is 418 g/mol. The van der Waals surface area contributed by atoms with Gasteiger partial charge < -0.3 is 17.5 Å². The number of rotatable bonds is 3. The van der Waals surface area contributed by atoms with Crippen LogP contribution < -0.4 is 9.80 Å². The molecule has 0 atom stereocenters. The van der Waals surface area contributed by atoms with E-state index in [0.717, 1.165) is 18.4 Å². The van der Waals surface area contributed by atoms with Crippen LogP contribution in [0.3, 0.4) is 0 Å². The number of hydrogen-bond acceptors (Lipinski definition) is 3. The van der Waals surface area contributed by atoms with Crippen molar-refractivity contribution >= 4 is 47.1 Å². The largest absolute Gasteiger partial charge is 0.742 e. The molecule has 1 N–H and O–H groups in total. The van der Waals surface area contributed by atoms with Gasteiger partial charge >= 0.3 is 0 Å². The molecule has 2 amide bonds. The van der Waals surface area contributed by atoms with Crippen molar-refractivity contribution in [3.05, 3.63) is 64.2 Å². The number of hydrogen-bond donors (Lipinski definition) is 1. The van der Waals surface area contributed by atoms with Crippen LogP contribution >= 0.6 is 0 Å². The molecular formula is C26H27N3O2S. The number of carbonyl (C=O) groups is 2. The van der Waals surface area contributed by atoms with Crippen molar-refractivity contribution in [2.45, 2.75) is 45.4 Å². The van der Waals surface area contributed by atoms with Crippen LogP contribution in [0, 0.1) is 0 Å². The smallest absolute Gasteiger partial charge is 0.282 e. The summed E-state index contributed by atoms with van der Waals surface area (Å²) in [6.45, 7) is 6.62. The lowest BCUT2D eigenvalue weighted by Crippen LogP contribution is -3.09. The summed E-state index contributed by atoms with van der Waals surface area (Å²) in [5.41, 5.74) is 6.91. The van der Waals surface area contributed by atoms with E-state index in [2.05, 4.69) is 31.0 Å². The maximum absolute atomic E-state index is 13.4. The average Bonchev–Trinajstić information content (AvgIpc) is 2.77. The van der Waals surface area contributed by atoms with E-state index in [1.54, 1.807) is 11.0 Å². The quantitative estimate of drug-likeness (QED) is 0.449. The minimum Gasteiger partial charge on any atom is -0.742 e. The number of aryl methyl sites for hydroxylation is 2. The lowest BCUT2D eigenvalue weighted by atomic mass is 9.89. The van der Waals surface area contributed by atoms with Gasteiger partial charge in [-0.25, -0.2) is 4.99 Å². The first kappa shape index (κ1) is 21.0. The van der Waals surface area contributed by atoms with E-state index in [1.165, 1.54) is 53.2 Å². The molecule has 5 nitrogen and oxygen atoms in total. The summed E-state index contributed by atoms with van der Waals surface area (Å²) in [7, 11) is 0. The first-order valence-electron chi connectivity index (χ1n) is 11.4. The molecule has 3 aliphatic rings. The number of aliphatic imine (C=N–C) groups is 1. The Hall–Kier alpha value is -2.83. The Kier molecular flexibility index (Phi) is 5.43. The van der Waals surface area contributed by atoms with Crippen LogP contribution in [0.15, 0.2) is 47.0 Å². The van der Waals surface area contributed by atoms with Crippen LogP contribution in [0.4, 0.5) is 11.4 Å². The number of amides is 2. The van der Waals surface area contributed by atoms with Crippen LogP contribution in [0.2, 0.25) is 0 Å². The van der Waals surface area contributed by atoms with Crippen LogP contribution in [0.5, 0.6) is 0 Å². The molecule has 0 spiro atoms. The molecule has 0 radical (unpaired) electrons. The minimum absolute atomic E-state index is 0.00535. The number of nitrogens with one attached hydrogen (secondary N) is 1. The molecule has 0 bridgehead atoms. The van der Waals surface area contributed by atoms with Crippen molar-refractivity contribution in [2.24, 2.45) is 4.99 Å². The highest BCUT2D eigenvalue weighted by molar-refractivity contribution is 7.78. The molecule has 32 heavy (non-hydrogen) atoms. The Bertz CT molecular complexity index is 1130. The minimum atomic E-state index is -0.561. The Labute approximate surface area is 194 Å². The zero-order chi connectivity index (χ0) is 22.4. The first-order valence-corrected chi connectivity index (χ1v) is 11.8. The highest BCUT2D eigenvalue weighted by Crippen LogP contribution is 2.30. The van der Waals surface area contributed by atoms with Crippen molar-refractivity contribution in [1.82, 2.24) is 0 Å². The van der Waals surface area contributed by atoms with Crippen molar-refractivity contribution in [3.63, 3.8) is 0 Å². The van der Waals surface area contributed by atoms with Crippen molar-refractivity contribution in [1.29, 1.82) is 0 Å². The Morgan fingerprint density at radius 2 is 1.66 bits per heavy atom. The monoisotopic (exact) mass is 445 g/mol. The summed E-state index contributed by atoms with van der Waals surface area (Å²) < 4.78 is 0. The van der Waals surface area contributed by atoms with Gasteiger partial charge in [0.2, 0.25) is 0 Å². The lowest BCUT2D eigenvalue weighted by Gasteiger charge is -2.33. The SMILES string of the molecule is CC(C)c1ccc(N2C(=O)/C(=C\c3cc4c5c(c3)CCC[NH+]5CCC4)C(=O)N=C2[S-])cc1. The van der Waals surface area contributed by atoms with Crippen molar-refractivity contribution in [3.8, 4) is 0 Å². The van der Waals surface area contributed by atoms with Gasteiger partial charge in [-0.3, -0.25) is 14.5 Å². The normalized spacial score (nSPS) is 20.0. The standard InChI is InChI=1S/C26H27N3O2S/c1-16(2)18-7-9-21(10-8-18)29-25(31)22(24(30)27-26(29)32)15-17-13-19-5-3-11-28-12-4-6-20(14-17)23(19)28/h7-10,13-16H,3-6,11-12H2,1-2H3,(H,27,30,32)/b22-15-. The van der Waals surface area contributed by atoms with E-state index in [4.69, 9.17) is 12.6 Å². The highest BCUT2D eigenvalue weighted by atomic mass is 32.1. The third kappa shape index (κ3) is 3.67. The summed E-state index contributed by atoms with van der Waals surface area (Å²) in [5.74, 6) is -0.586. The second-order valence-electron chi connectivity index (χ2n) is 9.17. The van der Waals surface area contributed by atoms with Crippen LogP contribution in [0.25, 0.3) is 6.08 Å². The average molecular weight is 446 g/mol. The van der Waals surface area contributed by atoms with Gasteiger partial charge in [0, 0.05) is 29.7 Å². The lowest BCUT2D eigenvalue weighted by molar-refractivity contribution is -0.838. The number of amidine groups is 1. The van der Waals surface area contributed by atoms with E-state index >= 15 is 0 Å². The number of quaternary nitrogens is 1. The van der Waals surface area contributed by atoms with Gasteiger partial charge in [0.05, 0.1) is 13.1 Å². The van der Waals surface area contributed by atoms with Crippen molar-refractivity contribution in [2.75, 3.05) is 18.0 Å². The Balaban J connectivity index is 1.52. The molecule has 164 valence electrons.